The third-order valence-electron chi connectivity index (χ3n) is 7.00. The summed E-state index contributed by atoms with van der Waals surface area (Å²) in [6.45, 7) is 12.4. The van der Waals surface area contributed by atoms with Crippen LogP contribution in [0.25, 0.3) is 0 Å². The molecule has 0 radical (unpaired) electrons. The maximum absolute atomic E-state index is 14.1. The van der Waals surface area contributed by atoms with Crippen molar-refractivity contribution in [2.45, 2.75) is 97.9 Å². The number of carbonyl (C=O) groups excluding carboxylic acids is 3. The fourth-order valence-electron chi connectivity index (χ4n) is 4.94. The SMILES string of the molecule is CCCN(C(=O)[C@@H](NC(=O)[C@H]1CCCCN1C)C(C)C)[C@H](C[C@@H](OC(C)=O)c1nc(C(=O)O)cs1)C(C)C. The van der Waals surface area contributed by atoms with Crippen LogP contribution < -0.4 is 5.32 Å². The van der Waals surface area contributed by atoms with Gasteiger partial charge in [-0.05, 0) is 44.7 Å². The number of carboxylic acid groups (broad SMARTS) is 1. The lowest BCUT2D eigenvalue weighted by Gasteiger charge is -2.39. The minimum absolute atomic E-state index is 0.00421. The number of thiazole rings is 1. The Bertz CT molecular complexity index is 965. The van der Waals surface area contributed by atoms with Gasteiger partial charge in [-0.15, -0.1) is 11.3 Å². The molecule has 0 unspecified atom stereocenters. The van der Waals surface area contributed by atoms with Gasteiger partial charge in [0.2, 0.25) is 11.8 Å². The van der Waals surface area contributed by atoms with Gasteiger partial charge in [-0.25, -0.2) is 9.78 Å². The Morgan fingerprint density at radius 3 is 2.39 bits per heavy atom. The molecule has 10 nitrogen and oxygen atoms in total. The Hall–Kier alpha value is -2.53. The van der Waals surface area contributed by atoms with Gasteiger partial charge in [-0.2, -0.15) is 0 Å². The molecule has 1 aromatic heterocycles. The molecule has 0 bridgehead atoms. The highest BCUT2D eigenvalue weighted by molar-refractivity contribution is 7.09. The number of likely N-dealkylation sites (tertiary alicyclic amines) is 1. The Morgan fingerprint density at radius 2 is 1.89 bits per heavy atom. The molecule has 214 valence electrons. The molecular formula is C27H44N4O6S. The van der Waals surface area contributed by atoms with E-state index in [0.717, 1.165) is 37.1 Å². The van der Waals surface area contributed by atoms with Gasteiger partial charge in [0, 0.05) is 31.3 Å². The first kappa shape index (κ1) is 31.7. The lowest BCUT2D eigenvalue weighted by atomic mass is 9.93. The van der Waals surface area contributed by atoms with Gasteiger partial charge in [0.25, 0.3) is 0 Å². The number of rotatable bonds is 13. The minimum Gasteiger partial charge on any atom is -0.476 e. The van der Waals surface area contributed by atoms with Gasteiger partial charge in [0.15, 0.2) is 11.8 Å². The normalized spacial score (nSPS) is 18.6. The number of esters is 1. The van der Waals surface area contributed by atoms with Crippen LogP contribution in [0.15, 0.2) is 5.38 Å². The van der Waals surface area contributed by atoms with E-state index in [1.807, 2.05) is 46.6 Å². The molecule has 0 aromatic carbocycles. The van der Waals surface area contributed by atoms with Crippen LogP contribution in [0, 0.1) is 11.8 Å². The highest BCUT2D eigenvalue weighted by Gasteiger charge is 2.37. The zero-order chi connectivity index (χ0) is 28.6. The van der Waals surface area contributed by atoms with E-state index < -0.39 is 24.1 Å². The van der Waals surface area contributed by atoms with E-state index >= 15 is 0 Å². The fraction of sp³-hybridized carbons (Fsp3) is 0.741. The van der Waals surface area contributed by atoms with Crippen molar-refractivity contribution in [1.29, 1.82) is 0 Å². The third kappa shape index (κ3) is 8.49. The number of nitrogens with one attached hydrogen (secondary N) is 1. The number of hydrogen-bond acceptors (Lipinski definition) is 8. The van der Waals surface area contributed by atoms with Crippen molar-refractivity contribution >= 4 is 35.1 Å². The van der Waals surface area contributed by atoms with Gasteiger partial charge < -0.3 is 20.1 Å². The van der Waals surface area contributed by atoms with E-state index in [2.05, 4.69) is 10.3 Å². The molecule has 38 heavy (non-hydrogen) atoms. The Morgan fingerprint density at radius 1 is 1.21 bits per heavy atom. The van der Waals surface area contributed by atoms with Gasteiger partial charge in [-0.1, -0.05) is 41.0 Å². The Labute approximate surface area is 230 Å². The van der Waals surface area contributed by atoms with Gasteiger partial charge in [0.05, 0.1) is 6.04 Å². The third-order valence-corrected chi connectivity index (χ3v) is 7.94. The molecule has 1 aliphatic heterocycles. The van der Waals surface area contributed by atoms with Gasteiger partial charge in [-0.3, -0.25) is 19.3 Å². The monoisotopic (exact) mass is 552 g/mol. The van der Waals surface area contributed by atoms with E-state index in [-0.39, 0.29) is 47.8 Å². The average Bonchev–Trinajstić information content (AvgIpc) is 3.34. The summed E-state index contributed by atoms with van der Waals surface area (Å²) in [5.74, 6) is -2.10. The number of aromatic nitrogens is 1. The number of aromatic carboxylic acids is 1. The quantitative estimate of drug-likeness (QED) is 0.354. The first-order chi connectivity index (χ1) is 17.9. The highest BCUT2D eigenvalue weighted by atomic mass is 32.1. The highest BCUT2D eigenvalue weighted by Crippen LogP contribution is 2.31. The molecule has 2 amide bonds. The summed E-state index contributed by atoms with van der Waals surface area (Å²) in [5.41, 5.74) is -0.111. The number of hydrogen-bond donors (Lipinski definition) is 2. The lowest BCUT2D eigenvalue weighted by molar-refractivity contribution is -0.149. The molecule has 2 N–H and O–H groups in total. The van der Waals surface area contributed by atoms with Gasteiger partial charge >= 0.3 is 11.9 Å². The summed E-state index contributed by atoms with van der Waals surface area (Å²) < 4.78 is 5.58. The second-order valence-corrected chi connectivity index (χ2v) is 11.7. The topological polar surface area (TPSA) is 129 Å². The molecule has 2 rings (SSSR count). The molecule has 2 heterocycles. The zero-order valence-electron chi connectivity index (χ0n) is 23.7. The molecule has 4 atom stereocenters. The van der Waals surface area contributed by atoms with Gasteiger partial charge in [0.1, 0.15) is 11.0 Å². The van der Waals surface area contributed by atoms with Crippen LogP contribution in [0.1, 0.15) is 95.2 Å². The molecule has 1 saturated heterocycles. The predicted octanol–water partition coefficient (Wildman–Crippen LogP) is 3.72. The summed E-state index contributed by atoms with van der Waals surface area (Å²) in [4.78, 5) is 58.6. The van der Waals surface area contributed by atoms with Crippen LogP contribution in [0.3, 0.4) is 0 Å². The lowest BCUT2D eigenvalue weighted by Crippen LogP contribution is -2.58. The standard InChI is InChI=1S/C27H44N4O6S/c1-8-12-31(26(34)23(17(4)5)29-24(33)20-11-9-10-13-30(20)7)21(16(2)3)14-22(37-18(6)32)25-28-19(15-38-25)27(35)36/h15-17,20-23H,8-14H2,1-7H3,(H,29,33)(H,35,36)/t20-,21-,22-,23+/m1/s1. The minimum atomic E-state index is -1.16. The van der Waals surface area contributed by atoms with Crippen molar-refractivity contribution in [3.63, 3.8) is 0 Å². The summed E-state index contributed by atoms with van der Waals surface area (Å²) in [7, 11) is 1.94. The molecule has 0 aliphatic carbocycles. The van der Waals surface area contributed by atoms with Crippen LogP contribution in [0.4, 0.5) is 0 Å². The Balaban J connectivity index is 2.34. The van der Waals surface area contributed by atoms with Crippen molar-refractivity contribution in [2.75, 3.05) is 20.1 Å². The first-order valence-electron chi connectivity index (χ1n) is 13.5. The zero-order valence-corrected chi connectivity index (χ0v) is 24.5. The average molecular weight is 553 g/mol. The molecule has 0 saturated carbocycles. The van der Waals surface area contributed by atoms with Crippen LogP contribution in [0.5, 0.6) is 0 Å². The molecule has 1 aromatic rings. The number of carbonyl (C=O) groups is 4. The van der Waals surface area contributed by atoms with Crippen molar-refractivity contribution in [3.05, 3.63) is 16.1 Å². The fourth-order valence-corrected chi connectivity index (χ4v) is 5.77. The van der Waals surface area contributed by atoms with Crippen LogP contribution >= 0.6 is 11.3 Å². The van der Waals surface area contributed by atoms with Crippen LogP contribution in [-0.4, -0.2) is 81.9 Å². The van der Waals surface area contributed by atoms with E-state index in [0.29, 0.717) is 18.0 Å². The molecular weight excluding hydrogens is 508 g/mol. The van der Waals surface area contributed by atoms with E-state index in [1.54, 1.807) is 4.90 Å². The van der Waals surface area contributed by atoms with Crippen molar-refractivity contribution < 1.29 is 29.0 Å². The molecule has 0 spiro atoms. The summed E-state index contributed by atoms with van der Waals surface area (Å²) in [6.07, 6.45) is 2.98. The number of likely N-dealkylation sites (N-methyl/N-ethyl adjacent to an activating group) is 1. The van der Waals surface area contributed by atoms with E-state index in [9.17, 15) is 24.3 Å². The number of ether oxygens (including phenoxy) is 1. The van der Waals surface area contributed by atoms with Crippen molar-refractivity contribution in [1.82, 2.24) is 20.1 Å². The summed E-state index contributed by atoms with van der Waals surface area (Å²) in [5, 5.41) is 14.1. The van der Waals surface area contributed by atoms with Crippen LogP contribution in [-0.2, 0) is 19.1 Å². The van der Waals surface area contributed by atoms with Crippen LogP contribution in [0.2, 0.25) is 0 Å². The maximum Gasteiger partial charge on any atom is 0.355 e. The van der Waals surface area contributed by atoms with E-state index in [1.165, 1.54) is 12.3 Å². The molecule has 1 aliphatic rings. The predicted molar refractivity (Wildman–Crippen MR) is 146 cm³/mol. The summed E-state index contributed by atoms with van der Waals surface area (Å²) in [6, 6.07) is -1.28. The van der Waals surface area contributed by atoms with Crippen molar-refractivity contribution in [3.8, 4) is 0 Å². The number of carboxylic acids is 1. The second-order valence-electron chi connectivity index (χ2n) is 10.8. The largest absolute Gasteiger partial charge is 0.476 e. The second kappa shape index (κ2) is 14.6. The number of amides is 2. The van der Waals surface area contributed by atoms with Crippen molar-refractivity contribution in [2.24, 2.45) is 11.8 Å². The maximum atomic E-state index is 14.1. The smallest absolute Gasteiger partial charge is 0.355 e. The first-order valence-corrected chi connectivity index (χ1v) is 14.4. The number of piperidine rings is 1. The molecule has 1 fully saturated rings. The van der Waals surface area contributed by atoms with E-state index in [4.69, 9.17) is 4.74 Å². The summed E-state index contributed by atoms with van der Waals surface area (Å²) >= 11 is 1.12. The number of nitrogens with zero attached hydrogens (tertiary/aromatic N) is 3. The Kier molecular flexibility index (Phi) is 12.2. The molecule has 11 heteroatoms.